The van der Waals surface area contributed by atoms with E-state index in [1.54, 1.807) is 23.7 Å². The Morgan fingerprint density at radius 1 is 1.27 bits per heavy atom. The molecule has 22 heavy (non-hydrogen) atoms. The van der Waals surface area contributed by atoms with Crippen molar-refractivity contribution in [3.8, 4) is 0 Å². The van der Waals surface area contributed by atoms with Crippen molar-refractivity contribution >= 4 is 27.5 Å². The van der Waals surface area contributed by atoms with E-state index in [9.17, 15) is 18.0 Å². The summed E-state index contributed by atoms with van der Waals surface area (Å²) in [6.45, 7) is 0. The lowest BCUT2D eigenvalue weighted by Gasteiger charge is -2.33. The Labute approximate surface area is 129 Å². The second kappa shape index (κ2) is 5.87. The molecule has 0 spiro atoms. The smallest absolute Gasteiger partial charge is 0.349 e. The van der Waals surface area contributed by atoms with Gasteiger partial charge in [0, 0.05) is 11.6 Å². The fourth-order valence-electron chi connectivity index (χ4n) is 2.94. The SMILES string of the molecule is O=C(N[C@H]1CCCC[C@@H]1C(F)(F)F)c1ccc2ncsc2c1. The molecule has 1 aromatic heterocycles. The number of nitrogens with zero attached hydrogens (tertiary/aromatic N) is 1. The van der Waals surface area contributed by atoms with Gasteiger partial charge in [0.1, 0.15) is 0 Å². The van der Waals surface area contributed by atoms with E-state index in [1.165, 1.54) is 11.3 Å². The van der Waals surface area contributed by atoms with Crippen LogP contribution in [0.15, 0.2) is 23.7 Å². The van der Waals surface area contributed by atoms with Gasteiger partial charge >= 0.3 is 6.18 Å². The summed E-state index contributed by atoms with van der Waals surface area (Å²) in [4.78, 5) is 16.4. The first-order valence-corrected chi connectivity index (χ1v) is 8.04. The topological polar surface area (TPSA) is 42.0 Å². The van der Waals surface area contributed by atoms with Gasteiger partial charge in [-0.05, 0) is 31.0 Å². The number of halogens is 3. The summed E-state index contributed by atoms with van der Waals surface area (Å²) < 4.78 is 40.0. The summed E-state index contributed by atoms with van der Waals surface area (Å²) in [6.07, 6.45) is -2.53. The molecule has 1 N–H and O–H groups in total. The second-order valence-corrected chi connectivity index (χ2v) is 6.43. The molecule has 2 atom stereocenters. The molecule has 3 rings (SSSR count). The van der Waals surface area contributed by atoms with Gasteiger partial charge < -0.3 is 5.32 Å². The molecule has 1 heterocycles. The van der Waals surface area contributed by atoms with E-state index in [0.29, 0.717) is 24.8 Å². The number of benzene rings is 1. The monoisotopic (exact) mass is 328 g/mol. The quantitative estimate of drug-likeness (QED) is 0.900. The van der Waals surface area contributed by atoms with Crippen molar-refractivity contribution in [2.24, 2.45) is 5.92 Å². The highest BCUT2D eigenvalue weighted by molar-refractivity contribution is 7.16. The Bertz CT molecular complexity index is 683. The van der Waals surface area contributed by atoms with Gasteiger partial charge in [-0.2, -0.15) is 13.2 Å². The average Bonchev–Trinajstić information content (AvgIpc) is 2.94. The van der Waals surface area contributed by atoms with Crippen molar-refractivity contribution in [1.29, 1.82) is 0 Å². The van der Waals surface area contributed by atoms with Crippen LogP contribution in [0.5, 0.6) is 0 Å². The number of alkyl halides is 3. The predicted molar refractivity (Wildman–Crippen MR) is 78.9 cm³/mol. The Balaban J connectivity index is 1.77. The van der Waals surface area contributed by atoms with Crippen molar-refractivity contribution in [3.63, 3.8) is 0 Å². The van der Waals surface area contributed by atoms with Gasteiger partial charge in [0.05, 0.1) is 21.6 Å². The number of hydrogen-bond acceptors (Lipinski definition) is 3. The highest BCUT2D eigenvalue weighted by Crippen LogP contribution is 2.37. The minimum absolute atomic E-state index is 0.0856. The number of carbonyl (C=O) groups is 1. The third kappa shape index (κ3) is 3.09. The third-order valence-electron chi connectivity index (χ3n) is 4.10. The van der Waals surface area contributed by atoms with Crippen LogP contribution >= 0.6 is 11.3 Å². The first-order valence-electron chi connectivity index (χ1n) is 7.16. The number of amides is 1. The maximum absolute atomic E-state index is 13.1. The first-order chi connectivity index (χ1) is 10.4. The molecular weight excluding hydrogens is 313 g/mol. The fraction of sp³-hybridized carbons (Fsp3) is 0.467. The minimum atomic E-state index is -4.26. The van der Waals surface area contributed by atoms with Crippen LogP contribution in [0.2, 0.25) is 0 Å². The van der Waals surface area contributed by atoms with E-state index in [4.69, 9.17) is 0 Å². The summed E-state index contributed by atoms with van der Waals surface area (Å²) in [5, 5.41) is 2.57. The standard InChI is InChI=1S/C15H15F3N2OS/c16-15(17,18)10-3-1-2-4-11(10)20-14(21)9-5-6-12-13(7-9)22-8-19-12/h5-8,10-11H,1-4H2,(H,20,21)/t10-,11-/m0/s1. The van der Waals surface area contributed by atoms with Gasteiger partial charge in [0.15, 0.2) is 0 Å². The van der Waals surface area contributed by atoms with Crippen LogP contribution in [0, 0.1) is 5.92 Å². The minimum Gasteiger partial charge on any atom is -0.349 e. The Morgan fingerprint density at radius 3 is 2.82 bits per heavy atom. The zero-order valence-electron chi connectivity index (χ0n) is 11.7. The molecule has 0 saturated heterocycles. The van der Waals surface area contributed by atoms with E-state index < -0.39 is 24.0 Å². The number of thiazole rings is 1. The van der Waals surface area contributed by atoms with Crippen molar-refractivity contribution in [2.45, 2.75) is 37.9 Å². The maximum Gasteiger partial charge on any atom is 0.393 e. The van der Waals surface area contributed by atoms with E-state index in [2.05, 4.69) is 10.3 Å². The largest absolute Gasteiger partial charge is 0.393 e. The molecule has 0 bridgehead atoms. The first kappa shape index (κ1) is 15.3. The molecule has 0 radical (unpaired) electrons. The number of hydrogen-bond donors (Lipinski definition) is 1. The summed E-state index contributed by atoms with van der Waals surface area (Å²) in [6, 6.07) is 4.15. The summed E-state index contributed by atoms with van der Waals surface area (Å²) in [5.41, 5.74) is 2.84. The molecule has 1 amide bonds. The van der Waals surface area contributed by atoms with Gasteiger partial charge in [0.2, 0.25) is 0 Å². The van der Waals surface area contributed by atoms with Crippen LogP contribution in [-0.4, -0.2) is 23.1 Å². The summed E-state index contributed by atoms with van der Waals surface area (Å²) in [7, 11) is 0. The molecule has 1 aliphatic carbocycles. The molecule has 2 aromatic rings. The summed E-state index contributed by atoms with van der Waals surface area (Å²) >= 11 is 1.40. The molecule has 118 valence electrons. The molecule has 1 aromatic carbocycles. The zero-order valence-corrected chi connectivity index (χ0v) is 12.5. The Kier molecular flexibility index (Phi) is 4.08. The van der Waals surface area contributed by atoms with Crippen LogP contribution < -0.4 is 5.32 Å². The number of rotatable bonds is 2. The van der Waals surface area contributed by atoms with Crippen molar-refractivity contribution in [2.75, 3.05) is 0 Å². The third-order valence-corrected chi connectivity index (χ3v) is 4.89. The van der Waals surface area contributed by atoms with Crippen LogP contribution in [0.25, 0.3) is 10.2 Å². The van der Waals surface area contributed by atoms with E-state index in [1.807, 2.05) is 0 Å². The zero-order chi connectivity index (χ0) is 15.7. The molecular formula is C15H15F3N2OS. The number of fused-ring (bicyclic) bond motifs is 1. The highest BCUT2D eigenvalue weighted by Gasteiger charge is 2.45. The summed E-state index contributed by atoms with van der Waals surface area (Å²) in [5.74, 6) is -1.89. The molecule has 1 saturated carbocycles. The maximum atomic E-state index is 13.1. The molecule has 0 unspecified atom stereocenters. The van der Waals surface area contributed by atoms with Gasteiger partial charge in [-0.1, -0.05) is 12.8 Å². The van der Waals surface area contributed by atoms with E-state index >= 15 is 0 Å². The van der Waals surface area contributed by atoms with E-state index in [-0.39, 0.29) is 6.42 Å². The van der Waals surface area contributed by atoms with Crippen LogP contribution in [0.4, 0.5) is 13.2 Å². The molecule has 7 heteroatoms. The highest BCUT2D eigenvalue weighted by atomic mass is 32.1. The number of carbonyl (C=O) groups excluding carboxylic acids is 1. The number of nitrogens with one attached hydrogen (secondary N) is 1. The van der Waals surface area contributed by atoms with Crippen molar-refractivity contribution in [1.82, 2.24) is 10.3 Å². The lowest BCUT2D eigenvalue weighted by molar-refractivity contribution is -0.187. The molecule has 1 fully saturated rings. The fourth-order valence-corrected chi connectivity index (χ4v) is 3.66. The van der Waals surface area contributed by atoms with Gasteiger partial charge in [-0.15, -0.1) is 11.3 Å². The van der Waals surface area contributed by atoms with Crippen LogP contribution in [0.1, 0.15) is 36.0 Å². The normalized spacial score (nSPS) is 22.7. The predicted octanol–water partition coefficient (Wildman–Crippen LogP) is 4.15. The Hall–Kier alpha value is -1.63. The average molecular weight is 328 g/mol. The van der Waals surface area contributed by atoms with Crippen molar-refractivity contribution in [3.05, 3.63) is 29.3 Å². The van der Waals surface area contributed by atoms with E-state index in [0.717, 1.165) is 10.2 Å². The van der Waals surface area contributed by atoms with Crippen molar-refractivity contribution < 1.29 is 18.0 Å². The second-order valence-electron chi connectivity index (χ2n) is 5.55. The van der Waals surface area contributed by atoms with Crippen LogP contribution in [0.3, 0.4) is 0 Å². The molecule has 0 aliphatic heterocycles. The van der Waals surface area contributed by atoms with Gasteiger partial charge in [-0.25, -0.2) is 4.98 Å². The van der Waals surface area contributed by atoms with Gasteiger partial charge in [0.25, 0.3) is 5.91 Å². The molecule has 3 nitrogen and oxygen atoms in total. The number of aromatic nitrogens is 1. The lowest BCUT2D eigenvalue weighted by atomic mass is 9.84. The van der Waals surface area contributed by atoms with Crippen LogP contribution in [-0.2, 0) is 0 Å². The van der Waals surface area contributed by atoms with Gasteiger partial charge in [-0.3, -0.25) is 4.79 Å². The molecule has 1 aliphatic rings. The lowest BCUT2D eigenvalue weighted by Crippen LogP contribution is -2.47. The Morgan fingerprint density at radius 2 is 2.05 bits per heavy atom.